The van der Waals surface area contributed by atoms with Gasteiger partial charge in [-0.25, -0.2) is 9.78 Å². The molecule has 3 rings (SSSR count). The van der Waals surface area contributed by atoms with Crippen LogP contribution in [0.3, 0.4) is 0 Å². The number of anilines is 1. The van der Waals surface area contributed by atoms with Gasteiger partial charge in [0.1, 0.15) is 4.88 Å². The summed E-state index contributed by atoms with van der Waals surface area (Å²) in [7, 11) is 0. The van der Waals surface area contributed by atoms with Gasteiger partial charge in [-0.1, -0.05) is 18.2 Å². The Balaban J connectivity index is 2.00. The van der Waals surface area contributed by atoms with E-state index in [1.807, 2.05) is 24.3 Å². The van der Waals surface area contributed by atoms with Gasteiger partial charge in [0.25, 0.3) is 5.91 Å². The minimum atomic E-state index is -1.17. The predicted molar refractivity (Wildman–Crippen MR) is 75.5 cm³/mol. The molecule has 0 atom stereocenters. The van der Waals surface area contributed by atoms with Crippen molar-refractivity contribution in [3.05, 3.63) is 45.9 Å². The summed E-state index contributed by atoms with van der Waals surface area (Å²) in [6, 6.07) is 7.73. The molecule has 0 bridgehead atoms. The monoisotopic (exact) mass is 288 g/mol. The largest absolute Gasteiger partial charge is 0.476 e. The van der Waals surface area contributed by atoms with Crippen molar-refractivity contribution < 1.29 is 14.7 Å². The third kappa shape index (κ3) is 2.08. The fourth-order valence-corrected chi connectivity index (χ4v) is 3.14. The number of carboxylic acids is 1. The first-order valence-corrected chi connectivity index (χ1v) is 7.13. The topological polar surface area (TPSA) is 70.5 Å². The number of hydrogen-bond donors (Lipinski definition) is 1. The third-order valence-electron chi connectivity index (χ3n) is 3.32. The van der Waals surface area contributed by atoms with Gasteiger partial charge in [0.2, 0.25) is 0 Å². The normalized spacial score (nSPS) is 13.9. The van der Waals surface area contributed by atoms with Crippen LogP contribution in [0.25, 0.3) is 0 Å². The van der Waals surface area contributed by atoms with Crippen LogP contribution in [0.15, 0.2) is 29.8 Å². The van der Waals surface area contributed by atoms with Gasteiger partial charge < -0.3 is 10.0 Å². The molecule has 1 aliphatic heterocycles. The molecule has 2 heterocycles. The molecule has 0 fully saturated rings. The Morgan fingerprint density at radius 3 is 2.90 bits per heavy atom. The Kier molecular flexibility index (Phi) is 3.23. The van der Waals surface area contributed by atoms with Gasteiger partial charge in [-0.15, -0.1) is 11.3 Å². The molecule has 0 aliphatic carbocycles. The van der Waals surface area contributed by atoms with E-state index in [4.69, 9.17) is 5.11 Å². The number of benzene rings is 1. The summed E-state index contributed by atoms with van der Waals surface area (Å²) in [5.41, 5.74) is 3.22. The second-order valence-electron chi connectivity index (χ2n) is 4.52. The summed E-state index contributed by atoms with van der Waals surface area (Å²) in [6.07, 6.45) is 1.82. The molecule has 1 N–H and O–H groups in total. The highest BCUT2D eigenvalue weighted by atomic mass is 32.1. The van der Waals surface area contributed by atoms with Gasteiger partial charge in [0.15, 0.2) is 5.69 Å². The number of hydrogen-bond acceptors (Lipinski definition) is 4. The fraction of sp³-hybridized carbons (Fsp3) is 0.214. The number of nitrogens with zero attached hydrogens (tertiary/aromatic N) is 2. The molecule has 0 saturated heterocycles. The number of aromatic nitrogens is 1. The van der Waals surface area contributed by atoms with E-state index >= 15 is 0 Å². The maximum Gasteiger partial charge on any atom is 0.356 e. The number of aryl methyl sites for hydroxylation is 1. The van der Waals surface area contributed by atoms with Gasteiger partial charge in [-0.05, 0) is 24.5 Å². The van der Waals surface area contributed by atoms with E-state index in [-0.39, 0.29) is 16.5 Å². The smallest absolute Gasteiger partial charge is 0.356 e. The molecule has 2 aromatic rings. The van der Waals surface area contributed by atoms with Crippen molar-refractivity contribution in [2.45, 2.75) is 12.8 Å². The standard InChI is InChI=1S/C14H12N2O3S/c17-13(12-11(14(18)19)15-8-20-12)16-7-3-5-9-4-1-2-6-10(9)16/h1-2,4,6,8H,3,5,7H2,(H,18,19). The first-order valence-electron chi connectivity index (χ1n) is 6.25. The van der Waals surface area contributed by atoms with Gasteiger partial charge in [-0.2, -0.15) is 0 Å². The molecule has 20 heavy (non-hydrogen) atoms. The van der Waals surface area contributed by atoms with Crippen LogP contribution in [0, 0.1) is 0 Å². The van der Waals surface area contributed by atoms with Gasteiger partial charge in [0, 0.05) is 12.2 Å². The molecule has 1 amide bonds. The van der Waals surface area contributed by atoms with Gasteiger partial charge in [0.05, 0.1) is 5.51 Å². The second kappa shape index (κ2) is 5.05. The van der Waals surface area contributed by atoms with Crippen LogP contribution < -0.4 is 4.90 Å². The summed E-state index contributed by atoms with van der Waals surface area (Å²) in [5.74, 6) is -1.45. The van der Waals surface area contributed by atoms with Crippen molar-refractivity contribution in [2.75, 3.05) is 11.4 Å². The molecular weight excluding hydrogens is 276 g/mol. The Hall–Kier alpha value is -2.21. The zero-order valence-corrected chi connectivity index (χ0v) is 11.4. The van der Waals surface area contributed by atoms with E-state index in [0.717, 1.165) is 35.4 Å². The number of aromatic carboxylic acids is 1. The minimum Gasteiger partial charge on any atom is -0.476 e. The van der Waals surface area contributed by atoms with Gasteiger partial charge >= 0.3 is 5.97 Å². The van der Waals surface area contributed by atoms with E-state index in [9.17, 15) is 9.59 Å². The molecular formula is C14H12N2O3S. The van der Waals surface area contributed by atoms with Gasteiger partial charge in [-0.3, -0.25) is 4.79 Å². The molecule has 5 nitrogen and oxygen atoms in total. The first kappa shape index (κ1) is 12.8. The lowest BCUT2D eigenvalue weighted by molar-refractivity contribution is 0.0686. The first-order chi connectivity index (χ1) is 9.68. The average molecular weight is 288 g/mol. The highest BCUT2D eigenvalue weighted by Gasteiger charge is 2.28. The number of carboxylic acid groups (broad SMARTS) is 1. The van der Waals surface area contributed by atoms with Crippen LogP contribution in [0.5, 0.6) is 0 Å². The lowest BCUT2D eigenvalue weighted by Crippen LogP contribution is -2.35. The Morgan fingerprint density at radius 2 is 2.10 bits per heavy atom. The highest BCUT2D eigenvalue weighted by molar-refractivity contribution is 7.12. The van der Waals surface area contributed by atoms with E-state index in [0.29, 0.717) is 6.54 Å². The summed E-state index contributed by atoms with van der Waals surface area (Å²) >= 11 is 1.07. The number of rotatable bonds is 2. The maximum absolute atomic E-state index is 12.6. The highest BCUT2D eigenvalue weighted by Crippen LogP contribution is 2.29. The second-order valence-corrected chi connectivity index (χ2v) is 5.38. The summed E-state index contributed by atoms with van der Waals surface area (Å²) in [5, 5.41) is 9.07. The van der Waals surface area contributed by atoms with E-state index in [1.165, 1.54) is 5.51 Å². The SMILES string of the molecule is O=C(O)c1ncsc1C(=O)N1CCCc2ccccc21. The molecule has 0 spiro atoms. The van der Waals surface area contributed by atoms with Crippen LogP contribution in [-0.2, 0) is 6.42 Å². The number of carbonyl (C=O) groups is 2. The number of carbonyl (C=O) groups excluding carboxylic acids is 1. The quantitative estimate of drug-likeness (QED) is 0.921. The molecule has 1 aromatic heterocycles. The van der Waals surface area contributed by atoms with E-state index in [1.54, 1.807) is 4.90 Å². The molecule has 1 aromatic carbocycles. The number of fused-ring (bicyclic) bond motifs is 1. The van der Waals surface area contributed by atoms with Crippen LogP contribution >= 0.6 is 11.3 Å². The molecule has 0 radical (unpaired) electrons. The lowest BCUT2D eigenvalue weighted by Gasteiger charge is -2.29. The molecule has 0 unspecified atom stereocenters. The van der Waals surface area contributed by atoms with Crippen molar-refractivity contribution >= 4 is 28.9 Å². The summed E-state index contributed by atoms with van der Waals surface area (Å²) in [6.45, 7) is 0.604. The minimum absolute atomic E-state index is 0.164. The number of thiazole rings is 1. The fourth-order valence-electron chi connectivity index (χ4n) is 2.42. The Morgan fingerprint density at radius 1 is 1.30 bits per heavy atom. The molecule has 6 heteroatoms. The van der Waals surface area contributed by atoms with Crippen molar-refractivity contribution in [2.24, 2.45) is 0 Å². The summed E-state index contributed by atoms with van der Waals surface area (Å²) < 4.78 is 0. The van der Waals surface area contributed by atoms with Crippen molar-refractivity contribution in [3.8, 4) is 0 Å². The molecule has 102 valence electrons. The van der Waals surface area contributed by atoms with Crippen LogP contribution in [0.4, 0.5) is 5.69 Å². The van der Waals surface area contributed by atoms with E-state index < -0.39 is 5.97 Å². The Labute approximate surface area is 119 Å². The van der Waals surface area contributed by atoms with Crippen molar-refractivity contribution in [3.63, 3.8) is 0 Å². The summed E-state index contributed by atoms with van der Waals surface area (Å²) in [4.78, 5) is 29.3. The van der Waals surface area contributed by atoms with E-state index in [2.05, 4.69) is 4.98 Å². The lowest BCUT2D eigenvalue weighted by atomic mass is 10.0. The van der Waals surface area contributed by atoms with Crippen molar-refractivity contribution in [1.82, 2.24) is 4.98 Å². The molecule has 1 aliphatic rings. The average Bonchev–Trinajstić information content (AvgIpc) is 2.95. The number of amides is 1. The van der Waals surface area contributed by atoms with Crippen LogP contribution in [0.2, 0.25) is 0 Å². The molecule has 0 saturated carbocycles. The maximum atomic E-state index is 12.6. The van der Waals surface area contributed by atoms with Crippen molar-refractivity contribution in [1.29, 1.82) is 0 Å². The number of para-hydroxylation sites is 1. The third-order valence-corrected chi connectivity index (χ3v) is 4.13. The zero-order chi connectivity index (χ0) is 14.1. The van der Waals surface area contributed by atoms with Crippen LogP contribution in [0.1, 0.15) is 32.1 Å². The Bertz CT molecular complexity index is 681. The zero-order valence-electron chi connectivity index (χ0n) is 10.6. The predicted octanol–water partition coefficient (Wildman–Crippen LogP) is 2.43. The van der Waals surface area contributed by atoms with Crippen LogP contribution in [-0.4, -0.2) is 28.5 Å².